The summed E-state index contributed by atoms with van der Waals surface area (Å²) in [7, 11) is 4.23. The third kappa shape index (κ3) is 10.2. The SMILES string of the molecule is COc1cc2c(c(OC)c1OC)-c1ccc([O-])c(=O)cc1C(NC(C)=O)CC2.II(I)I.[H-].[K+].[K+]. The molecule has 0 fully saturated rings. The number of hydrogen-bond donors (Lipinski definition) is 1. The van der Waals surface area contributed by atoms with Crippen molar-refractivity contribution >= 4 is 69.6 Å². The molecular weight excluding hydrogens is 948 g/mol. The standard InChI is InChI=1S/C21H23NO6.I4.2K.H/c1-11(23)22-15-7-5-12-9-18(26-2)20(27-3)21(28-4)19(12)13-6-8-16(24)17(25)10-14(13)15;1-4(2)3;;;/h6,8-10,15H,5,7H2,1-4H3,(H,22,23)(H,24,25);;;;/q;;2*+1;-1/p-1. The monoisotopic (exact) mass is 971 g/mol. The van der Waals surface area contributed by atoms with Crippen LogP contribution < -0.4 is 133 Å². The molecule has 0 saturated carbocycles. The van der Waals surface area contributed by atoms with Crippen LogP contribution in [0.1, 0.15) is 31.9 Å². The van der Waals surface area contributed by atoms with Crippen molar-refractivity contribution in [1.29, 1.82) is 0 Å². The van der Waals surface area contributed by atoms with E-state index >= 15 is 0 Å². The number of carbonyl (C=O) groups is 1. The van der Waals surface area contributed by atoms with Crippen LogP contribution in [0.2, 0.25) is 0 Å². The zero-order valence-corrected chi connectivity index (χ0v) is 34.6. The Labute approximate surface area is 322 Å². The van der Waals surface area contributed by atoms with E-state index in [1.165, 1.54) is 33.3 Å². The molecule has 1 aliphatic carbocycles. The van der Waals surface area contributed by atoms with E-state index in [0.717, 1.165) is 11.1 Å². The Bertz CT molecular complexity index is 1060. The van der Waals surface area contributed by atoms with E-state index in [-0.39, 0.29) is 118 Å². The summed E-state index contributed by atoms with van der Waals surface area (Å²) in [6.45, 7) is 1.42. The number of benzene rings is 1. The Morgan fingerprint density at radius 3 is 2.18 bits per heavy atom. The minimum Gasteiger partial charge on any atom is -1.00 e. The summed E-state index contributed by atoms with van der Waals surface area (Å²) >= 11 is 7.42. The minimum absolute atomic E-state index is 0. The zero-order chi connectivity index (χ0) is 24.0. The van der Waals surface area contributed by atoms with Crippen LogP contribution in [0.4, 0.5) is 0 Å². The van der Waals surface area contributed by atoms with Gasteiger partial charge in [-0.15, -0.1) is 0 Å². The number of nitrogens with one attached hydrogen (secondary N) is 1. The van der Waals surface area contributed by atoms with E-state index in [2.05, 4.69) is 61.2 Å². The molecule has 0 saturated heterocycles. The van der Waals surface area contributed by atoms with Crippen LogP contribution >= 0.6 is 63.7 Å². The first-order valence-corrected chi connectivity index (χ1v) is 28.1. The van der Waals surface area contributed by atoms with Gasteiger partial charge in [-0.2, -0.15) is 0 Å². The molecule has 7 nitrogen and oxygen atoms in total. The number of ether oxygens (including phenoxy) is 3. The topological polar surface area (TPSA) is 96.9 Å². The number of aryl methyl sites for hydroxylation is 1. The molecule has 1 atom stereocenters. The fraction of sp³-hybridized carbons (Fsp3) is 0.333. The van der Waals surface area contributed by atoms with Gasteiger partial charge in [0.25, 0.3) is 0 Å². The van der Waals surface area contributed by atoms with Gasteiger partial charge in [0, 0.05) is 12.5 Å². The summed E-state index contributed by atoms with van der Waals surface area (Å²) < 4.78 is 16.6. The average Bonchev–Trinajstić information content (AvgIpc) is 2.96. The largest absolute Gasteiger partial charge is 1.00 e. The predicted molar refractivity (Wildman–Crippen MR) is 159 cm³/mol. The molecule has 13 heteroatoms. The molecule has 1 N–H and O–H groups in total. The zero-order valence-electron chi connectivity index (χ0n) is 20.8. The van der Waals surface area contributed by atoms with Gasteiger partial charge in [-0.25, -0.2) is 0 Å². The Hall–Kier alpha value is 2.97. The first kappa shape index (κ1) is 37.0. The molecule has 1 amide bonds. The van der Waals surface area contributed by atoms with Gasteiger partial charge in [0.2, 0.25) is 11.7 Å². The van der Waals surface area contributed by atoms with Gasteiger partial charge in [-0.3, -0.25) is 9.59 Å². The van der Waals surface area contributed by atoms with Crippen LogP contribution in [0.5, 0.6) is 23.0 Å². The maximum atomic E-state index is 12.2. The number of hydrogen-bond acceptors (Lipinski definition) is 6. The molecule has 0 heterocycles. The van der Waals surface area contributed by atoms with E-state index in [1.807, 2.05) is 6.07 Å². The van der Waals surface area contributed by atoms with Crippen molar-refractivity contribution < 1.29 is 128 Å². The average molecular weight is 971 g/mol. The van der Waals surface area contributed by atoms with E-state index in [9.17, 15) is 14.7 Å². The third-order valence-corrected chi connectivity index (χ3v) is 4.88. The Balaban J connectivity index is 0. The molecule has 0 spiro atoms. The second-order valence-corrected chi connectivity index (χ2v) is 55.4. The van der Waals surface area contributed by atoms with Gasteiger partial charge in [0.1, 0.15) is 0 Å². The number of amides is 1. The van der Waals surface area contributed by atoms with Gasteiger partial charge in [0.05, 0.1) is 27.4 Å². The van der Waals surface area contributed by atoms with E-state index in [0.29, 0.717) is 41.2 Å². The van der Waals surface area contributed by atoms with Crippen LogP contribution in [0.15, 0.2) is 29.1 Å². The van der Waals surface area contributed by atoms with Gasteiger partial charge in [0.15, 0.2) is 16.9 Å². The van der Waals surface area contributed by atoms with Crippen molar-refractivity contribution in [2.45, 2.75) is 25.8 Å². The number of fused-ring (bicyclic) bond motifs is 3. The second-order valence-electron chi connectivity index (χ2n) is 6.71. The first-order chi connectivity index (χ1) is 15.1. The summed E-state index contributed by atoms with van der Waals surface area (Å²) in [5, 5.41) is 14.9. The Morgan fingerprint density at radius 2 is 1.68 bits per heavy atom. The maximum Gasteiger partial charge on any atom is 1.00 e. The molecule has 0 aromatic heterocycles. The maximum absolute atomic E-state index is 12.2. The summed E-state index contributed by atoms with van der Waals surface area (Å²) in [4.78, 5) is 24.0. The molecule has 1 aliphatic rings. The minimum atomic E-state index is -0.625. The molecule has 0 aliphatic heterocycles. The predicted octanol–water partition coefficient (Wildman–Crippen LogP) is -0.400. The van der Waals surface area contributed by atoms with Gasteiger partial charge >= 0.3 is 167 Å². The van der Waals surface area contributed by atoms with E-state index in [1.54, 1.807) is 13.2 Å². The third-order valence-electron chi connectivity index (χ3n) is 4.88. The summed E-state index contributed by atoms with van der Waals surface area (Å²) in [6.07, 6.45) is 1.16. The molecule has 2 aromatic rings. The smallest absolute Gasteiger partial charge is 1.00 e. The van der Waals surface area contributed by atoms with Crippen LogP contribution in [-0.4, -0.2) is 27.2 Å². The van der Waals surface area contributed by atoms with Gasteiger partial charge < -0.3 is 26.1 Å². The van der Waals surface area contributed by atoms with Crippen molar-refractivity contribution in [3.05, 3.63) is 45.6 Å². The van der Waals surface area contributed by atoms with Gasteiger partial charge in [-0.05, 0) is 41.7 Å². The van der Waals surface area contributed by atoms with Crippen molar-refractivity contribution in [3.63, 3.8) is 0 Å². The van der Waals surface area contributed by atoms with Crippen molar-refractivity contribution in [2.24, 2.45) is 0 Å². The van der Waals surface area contributed by atoms with E-state index < -0.39 is 17.2 Å². The van der Waals surface area contributed by atoms with Crippen molar-refractivity contribution in [1.82, 2.24) is 5.32 Å². The molecule has 178 valence electrons. The summed E-state index contributed by atoms with van der Waals surface area (Å²) in [6, 6.07) is 5.61. The van der Waals surface area contributed by atoms with Crippen molar-refractivity contribution in [2.75, 3.05) is 21.3 Å². The quantitative estimate of drug-likeness (QED) is 0.332. The Morgan fingerprint density at radius 1 is 1.09 bits per heavy atom. The first-order valence-electron chi connectivity index (χ1n) is 9.28. The summed E-state index contributed by atoms with van der Waals surface area (Å²) in [5.74, 6) is 0.560. The van der Waals surface area contributed by atoms with Crippen molar-refractivity contribution in [3.8, 4) is 34.1 Å². The van der Waals surface area contributed by atoms with E-state index in [4.69, 9.17) is 14.2 Å². The number of rotatable bonds is 4. The van der Waals surface area contributed by atoms with Crippen LogP contribution in [0.3, 0.4) is 0 Å². The fourth-order valence-corrected chi connectivity index (χ4v) is 3.69. The molecular formula is C21H23I4K2NO6. The molecule has 34 heavy (non-hydrogen) atoms. The second kappa shape index (κ2) is 18.3. The fourth-order valence-electron chi connectivity index (χ4n) is 3.69. The molecule has 2 aromatic carbocycles. The normalized spacial score (nSPS) is 13.6. The number of methoxy groups -OCH3 is 3. The molecule has 0 bridgehead atoms. The van der Waals surface area contributed by atoms with Gasteiger partial charge in [-0.1, -0.05) is 17.9 Å². The number of halogens is 4. The Kier molecular flexibility index (Phi) is 19.9. The van der Waals surface area contributed by atoms with Crippen LogP contribution in [0.25, 0.3) is 11.1 Å². The molecule has 0 radical (unpaired) electrons. The summed E-state index contributed by atoms with van der Waals surface area (Å²) in [5.41, 5.74) is 2.22. The molecule has 3 rings (SSSR count). The molecule has 1 unspecified atom stereocenters. The number of carbonyl (C=O) groups excluding carboxylic acids is 1. The van der Waals surface area contributed by atoms with Crippen LogP contribution in [-0.2, 0) is 11.2 Å². The van der Waals surface area contributed by atoms with Crippen LogP contribution in [0, 0.1) is 0 Å².